The Bertz CT molecular complexity index is 1060. The molecule has 3 heterocycles. The van der Waals surface area contributed by atoms with Gasteiger partial charge in [0, 0.05) is 49.4 Å². The van der Waals surface area contributed by atoms with Crippen LogP contribution in [0, 0.1) is 17.2 Å². The van der Waals surface area contributed by atoms with E-state index in [4.69, 9.17) is 0 Å². The smallest absolute Gasteiger partial charge is 0.222 e. The van der Waals surface area contributed by atoms with Gasteiger partial charge in [-0.25, -0.2) is 0 Å². The van der Waals surface area contributed by atoms with Gasteiger partial charge in [-0.1, -0.05) is 25.1 Å². The van der Waals surface area contributed by atoms with E-state index < -0.39 is 0 Å². The van der Waals surface area contributed by atoms with Gasteiger partial charge in [0.05, 0.1) is 11.1 Å². The Morgan fingerprint density at radius 3 is 2.86 bits per heavy atom. The summed E-state index contributed by atoms with van der Waals surface area (Å²) in [6.45, 7) is 3.72. The van der Waals surface area contributed by atoms with E-state index in [0.717, 1.165) is 29.4 Å². The van der Waals surface area contributed by atoms with Gasteiger partial charge in [0.1, 0.15) is 6.07 Å². The van der Waals surface area contributed by atoms with Crippen LogP contribution in [0.15, 0.2) is 55.0 Å². The number of aromatic nitrogens is 2. The second kappa shape index (κ2) is 8.40. The van der Waals surface area contributed by atoms with E-state index in [1.54, 1.807) is 12.4 Å². The van der Waals surface area contributed by atoms with Crippen LogP contribution in [-0.2, 0) is 11.2 Å². The van der Waals surface area contributed by atoms with Crippen LogP contribution in [0.25, 0.3) is 10.9 Å². The number of rotatable bonds is 4. The number of carbonyl (C=O) groups excluding carboxylic acids is 1. The molecule has 29 heavy (non-hydrogen) atoms. The van der Waals surface area contributed by atoms with E-state index in [0.29, 0.717) is 30.9 Å². The molecule has 4 rings (SSSR count). The molecule has 1 aliphatic rings. The van der Waals surface area contributed by atoms with Gasteiger partial charge in [0.25, 0.3) is 0 Å². The van der Waals surface area contributed by atoms with Crippen LogP contribution in [0.5, 0.6) is 0 Å². The van der Waals surface area contributed by atoms with Crippen molar-refractivity contribution in [1.82, 2.24) is 14.9 Å². The molecule has 0 saturated carbocycles. The lowest BCUT2D eigenvalue weighted by Crippen LogP contribution is -2.42. The number of carbonyl (C=O) groups is 1. The summed E-state index contributed by atoms with van der Waals surface area (Å²) in [5.41, 5.74) is 3.62. The van der Waals surface area contributed by atoms with Gasteiger partial charge in [-0.2, -0.15) is 5.26 Å². The number of nitriles is 1. The Kier molecular flexibility index (Phi) is 5.53. The lowest BCUT2D eigenvalue weighted by Gasteiger charge is -2.37. The minimum absolute atomic E-state index is 0.196. The summed E-state index contributed by atoms with van der Waals surface area (Å²) in [6, 6.07) is 14.0. The van der Waals surface area contributed by atoms with Gasteiger partial charge in [-0.15, -0.1) is 0 Å². The van der Waals surface area contributed by atoms with Crippen LogP contribution in [0.4, 0.5) is 0 Å². The Morgan fingerprint density at radius 2 is 2.07 bits per heavy atom. The Hall–Kier alpha value is -3.26. The van der Waals surface area contributed by atoms with Crippen LogP contribution in [0.3, 0.4) is 0 Å². The third-order valence-electron chi connectivity index (χ3n) is 5.73. The van der Waals surface area contributed by atoms with Gasteiger partial charge >= 0.3 is 0 Å². The standard InChI is InChI=1S/C24H24N4O/c1-17-12-20(21-8-7-19(13-25)24-22(21)5-3-11-27-24)16-28(15-17)23(29)9-6-18-4-2-10-26-14-18/h2-5,7-8,10-11,14,17,20H,6,9,12,15-16H2,1H3/t17-,20+/m1/s1. The zero-order chi connectivity index (χ0) is 20.2. The molecule has 0 N–H and O–H groups in total. The predicted molar refractivity (Wildman–Crippen MR) is 112 cm³/mol. The number of nitrogens with zero attached hydrogens (tertiary/aromatic N) is 4. The maximum Gasteiger partial charge on any atom is 0.222 e. The normalized spacial score (nSPS) is 19.1. The number of hydrogen-bond acceptors (Lipinski definition) is 4. The maximum absolute atomic E-state index is 12.9. The summed E-state index contributed by atoms with van der Waals surface area (Å²) in [5.74, 6) is 0.875. The zero-order valence-electron chi connectivity index (χ0n) is 16.6. The van der Waals surface area contributed by atoms with Gasteiger partial charge in [0.15, 0.2) is 0 Å². The van der Waals surface area contributed by atoms with E-state index in [2.05, 4.69) is 23.0 Å². The molecule has 1 aliphatic heterocycles. The molecule has 1 aromatic carbocycles. The molecule has 2 atom stereocenters. The number of benzene rings is 1. The molecule has 0 unspecified atom stereocenters. The molecule has 1 amide bonds. The highest BCUT2D eigenvalue weighted by Crippen LogP contribution is 2.35. The molecule has 0 bridgehead atoms. The predicted octanol–water partition coefficient (Wildman–Crippen LogP) is 4.09. The Balaban J connectivity index is 1.54. The largest absolute Gasteiger partial charge is 0.342 e. The molecule has 1 saturated heterocycles. The van der Waals surface area contributed by atoms with E-state index in [1.165, 1.54) is 5.56 Å². The highest BCUT2D eigenvalue weighted by Gasteiger charge is 2.29. The quantitative estimate of drug-likeness (QED) is 0.679. The fourth-order valence-electron chi connectivity index (χ4n) is 4.38. The molecule has 2 aromatic heterocycles. The molecular weight excluding hydrogens is 360 g/mol. The Morgan fingerprint density at radius 1 is 1.21 bits per heavy atom. The van der Waals surface area contributed by atoms with Crippen molar-refractivity contribution in [3.8, 4) is 6.07 Å². The molecule has 146 valence electrons. The van der Waals surface area contributed by atoms with Crippen LogP contribution in [-0.4, -0.2) is 33.9 Å². The first-order chi connectivity index (χ1) is 14.2. The number of amides is 1. The topological polar surface area (TPSA) is 69.9 Å². The number of hydrogen-bond donors (Lipinski definition) is 0. The van der Waals surface area contributed by atoms with Gasteiger partial charge in [-0.3, -0.25) is 14.8 Å². The van der Waals surface area contributed by atoms with E-state index >= 15 is 0 Å². The molecule has 0 aliphatic carbocycles. The first-order valence-corrected chi connectivity index (χ1v) is 10.1. The van der Waals surface area contributed by atoms with E-state index in [-0.39, 0.29) is 11.8 Å². The van der Waals surface area contributed by atoms with Crippen LogP contribution >= 0.6 is 0 Å². The summed E-state index contributed by atoms with van der Waals surface area (Å²) in [7, 11) is 0. The first kappa shape index (κ1) is 19.1. The van der Waals surface area contributed by atoms with Crippen molar-refractivity contribution in [1.29, 1.82) is 5.26 Å². The van der Waals surface area contributed by atoms with Crippen molar-refractivity contribution >= 4 is 16.8 Å². The minimum Gasteiger partial charge on any atom is -0.342 e. The summed E-state index contributed by atoms with van der Waals surface area (Å²) in [6.07, 6.45) is 7.55. The molecule has 5 heteroatoms. The van der Waals surface area contributed by atoms with Crippen LogP contribution in [0.1, 0.15) is 42.4 Å². The lowest BCUT2D eigenvalue weighted by atomic mass is 9.83. The molecule has 0 radical (unpaired) electrons. The summed E-state index contributed by atoms with van der Waals surface area (Å²) < 4.78 is 0. The minimum atomic E-state index is 0.196. The van der Waals surface area contributed by atoms with Gasteiger partial charge in [0.2, 0.25) is 5.91 Å². The highest BCUT2D eigenvalue weighted by molar-refractivity contribution is 5.87. The highest BCUT2D eigenvalue weighted by atomic mass is 16.2. The van der Waals surface area contributed by atoms with Crippen molar-refractivity contribution in [2.45, 2.75) is 32.1 Å². The maximum atomic E-state index is 12.9. The molecule has 3 aromatic rings. The summed E-state index contributed by atoms with van der Waals surface area (Å²) in [4.78, 5) is 23.5. The third-order valence-corrected chi connectivity index (χ3v) is 5.73. The summed E-state index contributed by atoms with van der Waals surface area (Å²) in [5, 5.41) is 10.4. The second-order valence-electron chi connectivity index (χ2n) is 7.91. The van der Waals surface area contributed by atoms with E-state index in [1.807, 2.05) is 47.5 Å². The molecule has 1 fully saturated rings. The Labute approximate surface area is 171 Å². The van der Waals surface area contributed by atoms with Crippen molar-refractivity contribution < 1.29 is 4.79 Å². The zero-order valence-corrected chi connectivity index (χ0v) is 16.6. The summed E-state index contributed by atoms with van der Waals surface area (Å²) >= 11 is 0. The second-order valence-corrected chi connectivity index (χ2v) is 7.91. The molecule has 0 spiro atoms. The third kappa shape index (κ3) is 4.12. The first-order valence-electron chi connectivity index (χ1n) is 10.1. The average Bonchev–Trinajstić information content (AvgIpc) is 2.77. The van der Waals surface area contributed by atoms with Gasteiger partial charge in [-0.05, 0) is 48.1 Å². The molecule has 5 nitrogen and oxygen atoms in total. The average molecular weight is 384 g/mol. The lowest BCUT2D eigenvalue weighted by molar-refractivity contribution is -0.133. The number of piperidine rings is 1. The number of aryl methyl sites for hydroxylation is 1. The molecular formula is C24H24N4O. The van der Waals surface area contributed by atoms with Crippen LogP contribution in [0.2, 0.25) is 0 Å². The van der Waals surface area contributed by atoms with Crippen molar-refractivity contribution in [2.75, 3.05) is 13.1 Å². The van der Waals surface area contributed by atoms with Crippen molar-refractivity contribution in [2.24, 2.45) is 5.92 Å². The fourth-order valence-corrected chi connectivity index (χ4v) is 4.38. The number of likely N-dealkylation sites (tertiary alicyclic amines) is 1. The number of pyridine rings is 2. The van der Waals surface area contributed by atoms with Crippen LogP contribution < -0.4 is 0 Å². The van der Waals surface area contributed by atoms with Crippen molar-refractivity contribution in [3.05, 3.63) is 71.7 Å². The van der Waals surface area contributed by atoms with E-state index in [9.17, 15) is 10.1 Å². The van der Waals surface area contributed by atoms with Gasteiger partial charge < -0.3 is 4.90 Å². The fraction of sp³-hybridized carbons (Fsp3) is 0.333. The van der Waals surface area contributed by atoms with Crippen molar-refractivity contribution in [3.63, 3.8) is 0 Å². The number of fused-ring (bicyclic) bond motifs is 1. The SMILES string of the molecule is C[C@@H]1C[C@H](c2ccc(C#N)c3ncccc23)CN(C(=O)CCc2cccnc2)C1. The monoisotopic (exact) mass is 384 g/mol.